The normalized spacial score (nSPS) is 10.0. The Kier molecular flexibility index (Phi) is 9.25. The number of nitrogen functional groups attached to an aromatic ring is 1. The number of hydrazine groups is 1. The first kappa shape index (κ1) is 30.2. The lowest BCUT2D eigenvalue weighted by molar-refractivity contribution is 0.0696. The molecule has 0 saturated heterocycles. The van der Waals surface area contributed by atoms with Crippen molar-refractivity contribution in [2.75, 3.05) is 0 Å². The van der Waals surface area contributed by atoms with Gasteiger partial charge in [-0.2, -0.15) is 0 Å². The van der Waals surface area contributed by atoms with Crippen LogP contribution in [0.4, 0.5) is 0 Å². The van der Waals surface area contributed by atoms with E-state index in [-0.39, 0.29) is 11.5 Å². The molecule has 7 nitrogen and oxygen atoms in total. The van der Waals surface area contributed by atoms with Crippen molar-refractivity contribution in [3.05, 3.63) is 154 Å². The number of aryl methyl sites for hydroxylation is 2. The number of benzene rings is 4. The molecule has 0 saturated carbocycles. The summed E-state index contributed by atoms with van der Waals surface area (Å²) >= 11 is 0. The molecule has 0 aliphatic carbocycles. The number of para-hydroxylation sites is 2. The van der Waals surface area contributed by atoms with Crippen LogP contribution in [0.5, 0.6) is 0 Å². The number of pyridine rings is 2. The number of nitrogens with two attached hydrogens (primary N) is 1. The Bertz CT molecular complexity index is 2200. The van der Waals surface area contributed by atoms with Gasteiger partial charge in [-0.25, -0.2) is 10.6 Å². The highest BCUT2D eigenvalue weighted by Gasteiger charge is 2.06. The summed E-state index contributed by atoms with van der Waals surface area (Å²) in [5.41, 5.74) is 9.81. The zero-order valence-corrected chi connectivity index (χ0v) is 24.6. The fourth-order valence-corrected chi connectivity index (χ4v) is 4.43. The highest BCUT2D eigenvalue weighted by Crippen LogP contribution is 2.15. The van der Waals surface area contributed by atoms with Gasteiger partial charge in [-0.15, -0.1) is 0 Å². The van der Waals surface area contributed by atoms with Crippen molar-refractivity contribution in [3.63, 3.8) is 0 Å². The molecule has 0 atom stereocenters. The quantitative estimate of drug-likeness (QED) is 0.0961. The monoisotopic (exact) mass is 588 g/mol. The molecule has 0 unspecified atom stereocenters. The third-order valence-corrected chi connectivity index (χ3v) is 6.98. The van der Waals surface area contributed by atoms with Gasteiger partial charge in [-0.05, 0) is 73.5 Å². The van der Waals surface area contributed by atoms with Crippen molar-refractivity contribution in [1.82, 2.24) is 15.4 Å². The van der Waals surface area contributed by atoms with E-state index in [2.05, 4.69) is 39.1 Å². The number of amides is 1. The number of hydrogen-bond donors (Lipinski definition) is 3. The third kappa shape index (κ3) is 7.57. The number of rotatable bonds is 2. The lowest BCUT2D eigenvalue weighted by Crippen LogP contribution is -2.30. The van der Waals surface area contributed by atoms with Crippen LogP contribution in [0, 0.1) is 37.5 Å². The Morgan fingerprint density at radius 3 is 1.60 bits per heavy atom. The van der Waals surface area contributed by atoms with Crippen molar-refractivity contribution < 1.29 is 14.7 Å². The smallest absolute Gasteiger partial charge is 0.335 e. The van der Waals surface area contributed by atoms with Gasteiger partial charge in [0.15, 0.2) is 0 Å². The predicted molar refractivity (Wildman–Crippen MR) is 176 cm³/mol. The first-order chi connectivity index (χ1) is 21.8. The number of fused-ring (bicyclic) bond motifs is 2. The maximum Gasteiger partial charge on any atom is 0.335 e. The molecule has 4 N–H and O–H groups in total. The van der Waals surface area contributed by atoms with Crippen LogP contribution in [-0.2, 0) is 0 Å². The Morgan fingerprint density at radius 1 is 0.644 bits per heavy atom. The average Bonchev–Trinajstić information content (AvgIpc) is 3.07. The zero-order chi connectivity index (χ0) is 31.8. The van der Waals surface area contributed by atoms with Gasteiger partial charge >= 0.3 is 5.97 Å². The first-order valence-electron chi connectivity index (χ1n) is 14.0. The lowest BCUT2D eigenvalue weighted by Gasteiger charge is -2.03. The summed E-state index contributed by atoms with van der Waals surface area (Å²) in [7, 11) is 0. The fraction of sp³-hybridized carbons (Fsp3) is 0.0526. The molecule has 0 aliphatic rings. The molecule has 0 fully saturated rings. The van der Waals surface area contributed by atoms with E-state index in [0.717, 1.165) is 49.6 Å². The summed E-state index contributed by atoms with van der Waals surface area (Å²) in [6.45, 7) is 3.86. The van der Waals surface area contributed by atoms with Crippen LogP contribution >= 0.6 is 0 Å². The van der Waals surface area contributed by atoms with Crippen LogP contribution in [-0.4, -0.2) is 27.0 Å². The minimum atomic E-state index is -0.949. The van der Waals surface area contributed by atoms with E-state index in [4.69, 9.17) is 10.9 Å². The van der Waals surface area contributed by atoms with Gasteiger partial charge in [-0.3, -0.25) is 20.2 Å². The summed E-state index contributed by atoms with van der Waals surface area (Å²) in [6, 6.07) is 30.0. The minimum Gasteiger partial charge on any atom is -0.478 e. The summed E-state index contributed by atoms with van der Waals surface area (Å²) < 4.78 is 0. The maximum atomic E-state index is 11.6. The number of nitrogens with zero attached hydrogens (tertiary/aromatic N) is 2. The molecular weight excluding hydrogens is 560 g/mol. The van der Waals surface area contributed by atoms with Gasteiger partial charge in [0.2, 0.25) is 0 Å². The molecular formula is C38H28N4O3. The molecule has 2 aromatic heterocycles. The molecule has 0 bridgehead atoms. The van der Waals surface area contributed by atoms with Crippen LogP contribution in [0.25, 0.3) is 21.8 Å². The van der Waals surface area contributed by atoms with Crippen molar-refractivity contribution in [2.24, 2.45) is 5.84 Å². The predicted octanol–water partition coefficient (Wildman–Crippen LogP) is 6.19. The molecule has 2 heterocycles. The molecule has 0 spiro atoms. The van der Waals surface area contributed by atoms with Crippen LogP contribution < -0.4 is 11.3 Å². The maximum absolute atomic E-state index is 11.6. The van der Waals surface area contributed by atoms with Gasteiger partial charge in [0.25, 0.3) is 5.91 Å². The number of carbonyl (C=O) groups excluding carboxylic acids is 1. The lowest BCUT2D eigenvalue weighted by atomic mass is 10.0. The first-order valence-corrected chi connectivity index (χ1v) is 14.0. The Morgan fingerprint density at radius 2 is 1.11 bits per heavy atom. The largest absolute Gasteiger partial charge is 0.478 e. The topological polar surface area (TPSA) is 118 Å². The highest BCUT2D eigenvalue weighted by atomic mass is 16.4. The van der Waals surface area contributed by atoms with E-state index < -0.39 is 5.97 Å². The Balaban J connectivity index is 0.000000178. The number of aromatic nitrogens is 2. The van der Waals surface area contributed by atoms with Crippen LogP contribution in [0.1, 0.15) is 54.1 Å². The second-order valence-electron chi connectivity index (χ2n) is 10.2. The van der Waals surface area contributed by atoms with Crippen LogP contribution in [0.2, 0.25) is 0 Å². The van der Waals surface area contributed by atoms with Crippen LogP contribution in [0.3, 0.4) is 0 Å². The standard InChI is InChI=1S/C19H15N3O.C19H13NO2/c1-13-6-8-17(19(23)22-20)11-15(13)9-7-14-10-16-4-2-3-5-18(16)21-12-14;1-13-6-8-17(19(21)22)11-15(13)9-7-14-10-16-4-2-3-5-18(16)20-12-14/h2-6,8,10-12H,20H2,1H3,(H,22,23);2-6,8,10-12H,1H3,(H,21,22). The molecule has 0 aliphatic heterocycles. The second-order valence-corrected chi connectivity index (χ2v) is 10.2. The van der Waals surface area contributed by atoms with Gasteiger partial charge in [0.1, 0.15) is 0 Å². The number of hydrogen-bond acceptors (Lipinski definition) is 5. The van der Waals surface area contributed by atoms with Crippen molar-refractivity contribution in [1.29, 1.82) is 0 Å². The number of carbonyl (C=O) groups is 2. The van der Waals surface area contributed by atoms with E-state index in [9.17, 15) is 9.59 Å². The van der Waals surface area contributed by atoms with Gasteiger partial charge in [0, 0.05) is 51.0 Å². The number of aromatic carboxylic acids is 1. The number of carboxylic acids is 1. The molecule has 1 amide bonds. The van der Waals surface area contributed by atoms with Crippen molar-refractivity contribution in [3.8, 4) is 23.7 Å². The Hall–Kier alpha value is -6.28. The molecule has 4 aromatic carbocycles. The van der Waals surface area contributed by atoms with E-state index in [1.165, 1.54) is 0 Å². The molecule has 6 aromatic rings. The summed E-state index contributed by atoms with van der Waals surface area (Å²) in [6.07, 6.45) is 3.48. The number of nitrogens with one attached hydrogen (secondary N) is 1. The molecule has 45 heavy (non-hydrogen) atoms. The second kappa shape index (κ2) is 13.8. The van der Waals surface area contributed by atoms with E-state index in [0.29, 0.717) is 11.1 Å². The van der Waals surface area contributed by atoms with E-state index in [1.807, 2.05) is 80.6 Å². The average molecular weight is 589 g/mol. The fourth-order valence-electron chi connectivity index (χ4n) is 4.43. The van der Waals surface area contributed by atoms with Gasteiger partial charge in [0.05, 0.1) is 16.6 Å². The molecule has 6 rings (SSSR count). The molecule has 0 radical (unpaired) electrons. The minimum absolute atomic E-state index is 0.242. The van der Waals surface area contributed by atoms with Crippen LogP contribution in [0.15, 0.2) is 109 Å². The SMILES string of the molecule is Cc1ccc(C(=O)NN)cc1C#Cc1cnc2ccccc2c1.Cc1ccc(C(=O)O)cc1C#Cc1cnc2ccccc2c1. The third-order valence-electron chi connectivity index (χ3n) is 6.98. The van der Waals surface area contributed by atoms with Crippen molar-refractivity contribution in [2.45, 2.75) is 13.8 Å². The highest BCUT2D eigenvalue weighted by molar-refractivity contribution is 5.94. The molecule has 7 heteroatoms. The summed E-state index contributed by atoms with van der Waals surface area (Å²) in [5, 5.41) is 11.1. The summed E-state index contributed by atoms with van der Waals surface area (Å²) in [4.78, 5) is 31.4. The van der Waals surface area contributed by atoms with Crippen molar-refractivity contribution >= 4 is 33.7 Å². The van der Waals surface area contributed by atoms with E-state index in [1.54, 1.807) is 42.7 Å². The van der Waals surface area contributed by atoms with Gasteiger partial charge < -0.3 is 5.11 Å². The molecule has 218 valence electrons. The van der Waals surface area contributed by atoms with Gasteiger partial charge in [-0.1, -0.05) is 72.2 Å². The zero-order valence-electron chi connectivity index (χ0n) is 24.6. The summed E-state index contributed by atoms with van der Waals surface area (Å²) in [5.74, 6) is 16.2. The van der Waals surface area contributed by atoms with E-state index >= 15 is 0 Å². The Labute approximate surface area is 260 Å². The number of carboxylic acid groups (broad SMARTS) is 1.